The molecule has 0 saturated carbocycles. The van der Waals surface area contributed by atoms with E-state index in [0.29, 0.717) is 16.3 Å². The highest BCUT2D eigenvalue weighted by molar-refractivity contribution is 7.99. The molecule has 1 unspecified atom stereocenters. The first kappa shape index (κ1) is 31.8. The Morgan fingerprint density at radius 2 is 1.85 bits per heavy atom. The Bertz CT molecular complexity index is 1380. The van der Waals surface area contributed by atoms with Gasteiger partial charge in [-0.15, -0.1) is 11.8 Å². The van der Waals surface area contributed by atoms with Crippen LogP contribution in [0.25, 0.3) is 11.3 Å². The summed E-state index contributed by atoms with van der Waals surface area (Å²) in [6, 6.07) is 8.53. The largest absolute Gasteiger partial charge is 0.494 e. The molecule has 0 aliphatic carbocycles. The van der Waals surface area contributed by atoms with Crippen LogP contribution in [0.4, 0.5) is 32.0 Å². The molecule has 1 amide bonds. The molecule has 1 atom stereocenters. The van der Waals surface area contributed by atoms with Gasteiger partial charge >= 0.3 is 6.18 Å². The summed E-state index contributed by atoms with van der Waals surface area (Å²) in [4.78, 5) is 21.6. The van der Waals surface area contributed by atoms with E-state index in [-0.39, 0.29) is 33.9 Å². The molecule has 6 nitrogen and oxygen atoms in total. The lowest BCUT2D eigenvalue weighted by molar-refractivity contribution is -0.149. The SMILES string of the molecule is C=Nc1c(OC)cc(C(=O)NCC(c2cc(C)c(OCC(F)F)c(-c3ccc(F)cc3)n2)C(F)(F)F)cc1SCC. The Morgan fingerprint density at radius 3 is 2.41 bits per heavy atom. The third-order valence-electron chi connectivity index (χ3n) is 5.85. The number of ether oxygens (including phenoxy) is 2. The van der Waals surface area contributed by atoms with Crippen LogP contribution in [0.2, 0.25) is 0 Å². The van der Waals surface area contributed by atoms with Crippen LogP contribution in [0.3, 0.4) is 0 Å². The van der Waals surface area contributed by atoms with Crippen molar-refractivity contribution < 1.29 is 40.6 Å². The molecular formula is C28H27F6N3O3S. The van der Waals surface area contributed by atoms with E-state index in [0.717, 1.165) is 18.2 Å². The lowest BCUT2D eigenvalue weighted by Gasteiger charge is -2.23. The molecular weight excluding hydrogens is 572 g/mol. The van der Waals surface area contributed by atoms with Crippen molar-refractivity contribution in [3.63, 3.8) is 0 Å². The summed E-state index contributed by atoms with van der Waals surface area (Å²) < 4.78 is 92.6. The van der Waals surface area contributed by atoms with Gasteiger partial charge in [0.1, 0.15) is 41.2 Å². The van der Waals surface area contributed by atoms with Gasteiger partial charge in [-0.3, -0.25) is 9.79 Å². The van der Waals surface area contributed by atoms with Crippen molar-refractivity contribution in [1.82, 2.24) is 10.3 Å². The van der Waals surface area contributed by atoms with Gasteiger partial charge in [0.15, 0.2) is 0 Å². The molecule has 1 heterocycles. The first-order valence-corrected chi connectivity index (χ1v) is 13.2. The maximum Gasteiger partial charge on any atom is 0.398 e. The normalized spacial score (nSPS) is 12.2. The van der Waals surface area contributed by atoms with Gasteiger partial charge in [0.2, 0.25) is 0 Å². The number of halogens is 6. The smallest absolute Gasteiger partial charge is 0.398 e. The highest BCUT2D eigenvalue weighted by Crippen LogP contribution is 2.40. The molecule has 1 N–H and O–H groups in total. The number of carbonyl (C=O) groups is 1. The van der Waals surface area contributed by atoms with Gasteiger partial charge in [-0.1, -0.05) is 6.92 Å². The number of nitrogens with zero attached hydrogens (tertiary/aromatic N) is 2. The Balaban J connectivity index is 2.00. The molecule has 3 rings (SSSR count). The van der Waals surface area contributed by atoms with Crippen molar-refractivity contribution in [2.24, 2.45) is 4.99 Å². The predicted molar refractivity (Wildman–Crippen MR) is 146 cm³/mol. The van der Waals surface area contributed by atoms with Crippen LogP contribution in [-0.2, 0) is 0 Å². The number of hydrogen-bond acceptors (Lipinski definition) is 6. The van der Waals surface area contributed by atoms with E-state index in [2.05, 4.69) is 22.0 Å². The third kappa shape index (κ3) is 7.93. The van der Waals surface area contributed by atoms with Crippen molar-refractivity contribution in [3.05, 3.63) is 65.1 Å². The second kappa shape index (κ2) is 13.7. The second-order valence-corrected chi connectivity index (χ2v) is 9.98. The number of methoxy groups -OCH3 is 1. The van der Waals surface area contributed by atoms with Gasteiger partial charge in [0.05, 0.1) is 12.8 Å². The lowest BCUT2D eigenvalue weighted by Crippen LogP contribution is -2.35. The minimum absolute atomic E-state index is 0.0537. The number of aliphatic imine (C=N–C) groups is 1. The molecule has 0 bridgehead atoms. The van der Waals surface area contributed by atoms with Crippen LogP contribution in [0, 0.1) is 12.7 Å². The fourth-order valence-electron chi connectivity index (χ4n) is 3.97. The quantitative estimate of drug-likeness (QED) is 0.134. The van der Waals surface area contributed by atoms with Crippen LogP contribution >= 0.6 is 11.8 Å². The monoisotopic (exact) mass is 599 g/mol. The molecule has 0 saturated heterocycles. The van der Waals surface area contributed by atoms with E-state index in [1.165, 1.54) is 50.1 Å². The molecule has 0 radical (unpaired) electrons. The number of alkyl halides is 5. The van der Waals surface area contributed by atoms with E-state index in [9.17, 15) is 31.1 Å². The van der Waals surface area contributed by atoms with E-state index in [1.54, 1.807) is 0 Å². The van der Waals surface area contributed by atoms with E-state index in [1.807, 2.05) is 6.92 Å². The molecule has 1 aromatic heterocycles. The standard InChI is InChI=1S/C28H27F6N3O3S/c1-5-41-22-12-17(11-21(39-4)25(22)35-3)27(38)36-13-19(28(32,33)34)20-10-15(2)26(40-14-23(30)31)24(37-20)16-6-8-18(29)9-7-16/h6-12,19,23H,3,5,13-14H2,1-2,4H3,(H,36,38). The van der Waals surface area contributed by atoms with E-state index >= 15 is 0 Å². The number of rotatable bonds is 12. The van der Waals surface area contributed by atoms with Crippen LogP contribution in [0.15, 0.2) is 52.4 Å². The molecule has 2 aromatic carbocycles. The number of thioether (sulfide) groups is 1. The summed E-state index contributed by atoms with van der Waals surface area (Å²) in [7, 11) is 1.37. The van der Waals surface area contributed by atoms with Crippen molar-refractivity contribution >= 4 is 30.1 Å². The fourth-order valence-corrected chi connectivity index (χ4v) is 4.80. The van der Waals surface area contributed by atoms with Gasteiger partial charge < -0.3 is 14.8 Å². The zero-order valence-electron chi connectivity index (χ0n) is 22.3. The molecule has 0 fully saturated rings. The van der Waals surface area contributed by atoms with Crippen LogP contribution < -0.4 is 14.8 Å². The van der Waals surface area contributed by atoms with Crippen molar-refractivity contribution in [2.75, 3.05) is 26.0 Å². The van der Waals surface area contributed by atoms with Crippen molar-refractivity contribution in [3.8, 4) is 22.8 Å². The Hall–Kier alpha value is -3.74. The number of hydrogen-bond donors (Lipinski definition) is 1. The molecule has 0 aliphatic rings. The van der Waals surface area contributed by atoms with E-state index < -0.39 is 49.1 Å². The minimum Gasteiger partial charge on any atom is -0.494 e. The molecule has 220 valence electrons. The zero-order valence-corrected chi connectivity index (χ0v) is 23.1. The predicted octanol–water partition coefficient (Wildman–Crippen LogP) is 7.37. The Labute approximate surface area is 237 Å². The first-order valence-electron chi connectivity index (χ1n) is 12.2. The Kier molecular flexibility index (Phi) is 10.7. The number of benzene rings is 2. The lowest BCUT2D eigenvalue weighted by atomic mass is 9.99. The van der Waals surface area contributed by atoms with E-state index in [4.69, 9.17) is 9.47 Å². The fraction of sp³-hybridized carbons (Fsp3) is 0.321. The minimum atomic E-state index is -4.85. The molecule has 0 aliphatic heterocycles. The number of aromatic nitrogens is 1. The average Bonchev–Trinajstić information content (AvgIpc) is 2.91. The number of amides is 1. The third-order valence-corrected chi connectivity index (χ3v) is 6.76. The zero-order chi connectivity index (χ0) is 30.3. The van der Waals surface area contributed by atoms with Crippen molar-refractivity contribution in [2.45, 2.75) is 37.3 Å². The molecule has 0 spiro atoms. The number of pyridine rings is 1. The van der Waals surface area contributed by atoms with Crippen LogP contribution in [-0.4, -0.2) is 56.2 Å². The van der Waals surface area contributed by atoms with Crippen LogP contribution in [0.5, 0.6) is 11.5 Å². The molecule has 3 aromatic rings. The number of carbonyl (C=O) groups excluding carboxylic acids is 1. The topological polar surface area (TPSA) is 72.8 Å². The van der Waals surface area contributed by atoms with Gasteiger partial charge in [-0.25, -0.2) is 18.2 Å². The highest BCUT2D eigenvalue weighted by atomic mass is 32.2. The van der Waals surface area contributed by atoms with Crippen LogP contribution in [0.1, 0.15) is 34.5 Å². The summed E-state index contributed by atoms with van der Waals surface area (Å²) >= 11 is 1.36. The van der Waals surface area contributed by atoms with Gasteiger partial charge in [-0.2, -0.15) is 13.2 Å². The second-order valence-electron chi connectivity index (χ2n) is 8.67. The van der Waals surface area contributed by atoms with Gasteiger partial charge in [0, 0.05) is 22.6 Å². The average molecular weight is 600 g/mol. The summed E-state index contributed by atoms with van der Waals surface area (Å²) in [5.74, 6) is -2.97. The molecule has 41 heavy (non-hydrogen) atoms. The van der Waals surface area contributed by atoms with Gasteiger partial charge in [-0.05, 0) is 67.4 Å². The Morgan fingerprint density at radius 1 is 1.17 bits per heavy atom. The first-order chi connectivity index (χ1) is 19.4. The maximum atomic E-state index is 14.3. The summed E-state index contributed by atoms with van der Waals surface area (Å²) in [6.07, 6.45) is -7.70. The summed E-state index contributed by atoms with van der Waals surface area (Å²) in [5, 5.41) is 2.31. The summed E-state index contributed by atoms with van der Waals surface area (Å²) in [5.41, 5.74) is 0.0811. The molecule has 13 heteroatoms. The number of aryl methyl sites for hydroxylation is 1. The number of nitrogens with one attached hydrogen (secondary N) is 1. The maximum absolute atomic E-state index is 14.3. The van der Waals surface area contributed by atoms with Crippen molar-refractivity contribution in [1.29, 1.82) is 0 Å². The highest BCUT2D eigenvalue weighted by Gasteiger charge is 2.42. The van der Waals surface area contributed by atoms with Gasteiger partial charge in [0.25, 0.3) is 12.3 Å². The summed E-state index contributed by atoms with van der Waals surface area (Å²) in [6.45, 7) is 4.87.